The molecule has 64 valence electrons. The molecule has 0 radical (unpaired) electrons. The van der Waals surface area contributed by atoms with E-state index in [4.69, 9.17) is 11.1 Å². The SMILES string of the molecule is CN[C@@H]1CCCC[C@H]1C(=N)N. The van der Waals surface area contributed by atoms with E-state index >= 15 is 0 Å². The van der Waals surface area contributed by atoms with Gasteiger partial charge < -0.3 is 11.1 Å². The Kier molecular flexibility index (Phi) is 2.88. The summed E-state index contributed by atoms with van der Waals surface area (Å²) in [6, 6.07) is 0.446. The second-order valence-electron chi connectivity index (χ2n) is 3.24. The van der Waals surface area contributed by atoms with E-state index in [9.17, 15) is 0 Å². The molecule has 3 heteroatoms. The van der Waals surface area contributed by atoms with Gasteiger partial charge in [0.1, 0.15) is 0 Å². The monoisotopic (exact) mass is 155 g/mol. The van der Waals surface area contributed by atoms with Gasteiger partial charge in [-0.3, -0.25) is 5.41 Å². The lowest BCUT2D eigenvalue weighted by Crippen LogP contribution is -2.42. The molecule has 0 amide bonds. The first-order valence-electron chi connectivity index (χ1n) is 4.27. The Morgan fingerprint density at radius 2 is 2.09 bits per heavy atom. The van der Waals surface area contributed by atoms with Crippen molar-refractivity contribution in [3.63, 3.8) is 0 Å². The van der Waals surface area contributed by atoms with Crippen LogP contribution in [0, 0.1) is 11.3 Å². The standard InChI is InChI=1S/C8H17N3/c1-11-7-5-3-2-4-6(7)8(9)10/h6-7,11H,2-5H2,1H3,(H3,9,10)/t6-,7-/m1/s1. The summed E-state index contributed by atoms with van der Waals surface area (Å²) in [7, 11) is 1.95. The first-order valence-corrected chi connectivity index (χ1v) is 4.27. The van der Waals surface area contributed by atoms with Gasteiger partial charge in [0.05, 0.1) is 5.84 Å². The highest BCUT2D eigenvalue weighted by molar-refractivity contribution is 5.80. The van der Waals surface area contributed by atoms with Crippen LogP contribution in [-0.4, -0.2) is 18.9 Å². The summed E-state index contributed by atoms with van der Waals surface area (Å²) < 4.78 is 0. The molecule has 0 aromatic rings. The smallest absolute Gasteiger partial charge is 0.0952 e. The summed E-state index contributed by atoms with van der Waals surface area (Å²) in [5.74, 6) is 0.637. The zero-order valence-electron chi connectivity index (χ0n) is 7.06. The first kappa shape index (κ1) is 8.53. The molecule has 1 rings (SSSR count). The summed E-state index contributed by atoms with van der Waals surface area (Å²) in [4.78, 5) is 0. The molecule has 0 aromatic carbocycles. The number of nitrogens with one attached hydrogen (secondary N) is 2. The molecule has 2 atom stereocenters. The molecule has 0 spiro atoms. The van der Waals surface area contributed by atoms with Crippen molar-refractivity contribution in [3.8, 4) is 0 Å². The van der Waals surface area contributed by atoms with E-state index < -0.39 is 0 Å². The predicted molar refractivity (Wildman–Crippen MR) is 46.7 cm³/mol. The molecular weight excluding hydrogens is 138 g/mol. The zero-order valence-corrected chi connectivity index (χ0v) is 7.06. The minimum Gasteiger partial charge on any atom is -0.387 e. The molecule has 0 saturated heterocycles. The summed E-state index contributed by atoms with van der Waals surface area (Å²) >= 11 is 0. The maximum absolute atomic E-state index is 7.36. The fraction of sp³-hybridized carbons (Fsp3) is 0.875. The molecule has 4 N–H and O–H groups in total. The topological polar surface area (TPSA) is 61.9 Å². The third-order valence-electron chi connectivity index (χ3n) is 2.54. The second kappa shape index (κ2) is 3.72. The van der Waals surface area contributed by atoms with Gasteiger partial charge >= 0.3 is 0 Å². The number of nitrogens with two attached hydrogens (primary N) is 1. The molecule has 0 unspecified atom stereocenters. The Hall–Kier alpha value is -0.570. The molecule has 1 aliphatic rings. The van der Waals surface area contributed by atoms with Crippen molar-refractivity contribution in [1.29, 1.82) is 5.41 Å². The number of rotatable bonds is 2. The molecule has 1 aliphatic carbocycles. The van der Waals surface area contributed by atoms with Gasteiger partial charge in [-0.15, -0.1) is 0 Å². The average Bonchev–Trinajstić information content (AvgIpc) is 2.04. The van der Waals surface area contributed by atoms with Crippen molar-refractivity contribution >= 4 is 5.84 Å². The van der Waals surface area contributed by atoms with E-state index in [1.165, 1.54) is 19.3 Å². The summed E-state index contributed by atoms with van der Waals surface area (Å²) in [5.41, 5.74) is 5.48. The van der Waals surface area contributed by atoms with Crippen LogP contribution in [0.4, 0.5) is 0 Å². The van der Waals surface area contributed by atoms with Crippen molar-refractivity contribution in [2.75, 3.05) is 7.05 Å². The van der Waals surface area contributed by atoms with Crippen LogP contribution < -0.4 is 11.1 Å². The van der Waals surface area contributed by atoms with Gasteiger partial charge in [0, 0.05) is 12.0 Å². The molecule has 11 heavy (non-hydrogen) atoms. The Labute approximate surface area is 67.9 Å². The van der Waals surface area contributed by atoms with Crippen molar-refractivity contribution in [2.45, 2.75) is 31.7 Å². The third kappa shape index (κ3) is 1.93. The largest absolute Gasteiger partial charge is 0.387 e. The summed E-state index contributed by atoms with van der Waals surface area (Å²) in [6.45, 7) is 0. The lowest BCUT2D eigenvalue weighted by molar-refractivity contribution is 0.336. The molecule has 0 aromatic heterocycles. The Morgan fingerprint density at radius 1 is 1.45 bits per heavy atom. The minimum atomic E-state index is 0.286. The van der Waals surface area contributed by atoms with Gasteiger partial charge in [-0.1, -0.05) is 12.8 Å². The van der Waals surface area contributed by atoms with Crippen molar-refractivity contribution in [1.82, 2.24) is 5.32 Å². The molecule has 1 fully saturated rings. The quantitative estimate of drug-likeness (QED) is 0.406. The van der Waals surface area contributed by atoms with Crippen LogP contribution >= 0.6 is 0 Å². The van der Waals surface area contributed by atoms with Gasteiger partial charge in [0.2, 0.25) is 0 Å². The fourth-order valence-electron chi connectivity index (χ4n) is 1.85. The van der Waals surface area contributed by atoms with E-state index in [1.807, 2.05) is 7.05 Å². The van der Waals surface area contributed by atoms with Gasteiger partial charge in [-0.05, 0) is 19.9 Å². The highest BCUT2D eigenvalue weighted by Gasteiger charge is 2.25. The second-order valence-corrected chi connectivity index (χ2v) is 3.24. The summed E-state index contributed by atoms with van der Waals surface area (Å²) in [5, 5.41) is 10.6. The van der Waals surface area contributed by atoms with Gasteiger partial charge in [0.15, 0.2) is 0 Å². The van der Waals surface area contributed by atoms with E-state index in [1.54, 1.807) is 0 Å². The van der Waals surface area contributed by atoms with E-state index in [2.05, 4.69) is 5.32 Å². The lowest BCUT2D eigenvalue weighted by Gasteiger charge is -2.30. The first-order chi connectivity index (χ1) is 5.25. The van der Waals surface area contributed by atoms with E-state index in [0.29, 0.717) is 11.9 Å². The van der Waals surface area contributed by atoms with Crippen LogP contribution in [0.1, 0.15) is 25.7 Å². The molecule has 0 aliphatic heterocycles. The van der Waals surface area contributed by atoms with Crippen LogP contribution in [0.5, 0.6) is 0 Å². The van der Waals surface area contributed by atoms with Crippen LogP contribution in [0.2, 0.25) is 0 Å². The maximum atomic E-state index is 7.36. The molecule has 0 heterocycles. The zero-order chi connectivity index (χ0) is 8.27. The average molecular weight is 155 g/mol. The fourth-order valence-corrected chi connectivity index (χ4v) is 1.85. The Bertz CT molecular complexity index is 144. The maximum Gasteiger partial charge on any atom is 0.0952 e. The predicted octanol–water partition coefficient (Wildman–Crippen LogP) is 0.701. The van der Waals surface area contributed by atoms with Gasteiger partial charge in [-0.25, -0.2) is 0 Å². The third-order valence-corrected chi connectivity index (χ3v) is 2.54. The molecular formula is C8H17N3. The number of amidine groups is 1. The van der Waals surface area contributed by atoms with Crippen molar-refractivity contribution in [3.05, 3.63) is 0 Å². The number of hydrogen-bond donors (Lipinski definition) is 3. The van der Waals surface area contributed by atoms with Crippen LogP contribution in [0.3, 0.4) is 0 Å². The normalized spacial score (nSPS) is 31.7. The van der Waals surface area contributed by atoms with Crippen LogP contribution in [-0.2, 0) is 0 Å². The number of hydrogen-bond acceptors (Lipinski definition) is 2. The Balaban J connectivity index is 2.51. The Morgan fingerprint density at radius 3 is 2.55 bits per heavy atom. The van der Waals surface area contributed by atoms with Crippen molar-refractivity contribution in [2.24, 2.45) is 11.7 Å². The highest BCUT2D eigenvalue weighted by Crippen LogP contribution is 2.23. The molecule has 1 saturated carbocycles. The van der Waals surface area contributed by atoms with Gasteiger partial charge in [0.25, 0.3) is 0 Å². The van der Waals surface area contributed by atoms with Gasteiger partial charge in [-0.2, -0.15) is 0 Å². The molecule has 0 bridgehead atoms. The van der Waals surface area contributed by atoms with Crippen molar-refractivity contribution < 1.29 is 0 Å². The van der Waals surface area contributed by atoms with E-state index in [-0.39, 0.29) is 5.92 Å². The minimum absolute atomic E-state index is 0.286. The molecule has 3 nitrogen and oxygen atoms in total. The highest BCUT2D eigenvalue weighted by atomic mass is 14.9. The van der Waals surface area contributed by atoms with E-state index in [0.717, 1.165) is 6.42 Å². The summed E-state index contributed by atoms with van der Waals surface area (Å²) in [6.07, 6.45) is 4.75. The van der Waals surface area contributed by atoms with Crippen LogP contribution in [0.25, 0.3) is 0 Å². The van der Waals surface area contributed by atoms with Crippen LogP contribution in [0.15, 0.2) is 0 Å². The lowest BCUT2D eigenvalue weighted by atomic mass is 9.84.